The molecule has 0 saturated carbocycles. The normalized spacial score (nSPS) is 13.2. The van der Waals surface area contributed by atoms with E-state index < -0.39 is 6.17 Å². The molecule has 3 aromatic heterocycles. The van der Waals surface area contributed by atoms with Crippen molar-refractivity contribution in [3.05, 3.63) is 71.0 Å². The Morgan fingerprint density at radius 2 is 1.15 bits per heavy atom. The lowest BCUT2D eigenvalue weighted by atomic mass is 10.3. The van der Waals surface area contributed by atoms with Gasteiger partial charge in [0, 0.05) is 0 Å². The molecule has 0 aromatic carbocycles. The van der Waals surface area contributed by atoms with Gasteiger partial charge in [-0.05, 0) is 36.4 Å². The maximum atomic E-state index is 9.16. The fourth-order valence-corrected chi connectivity index (χ4v) is 2.19. The minimum atomic E-state index is -0.722. The summed E-state index contributed by atoms with van der Waals surface area (Å²) in [5, 5.41) is 27.2. The highest BCUT2D eigenvalue weighted by atomic mass is 16.4. The third kappa shape index (κ3) is 4.37. The monoisotopic (exact) mass is 358 g/mol. The number of aliphatic hydroxyl groups is 3. The molecule has 8 nitrogen and oxygen atoms in total. The smallest absolute Gasteiger partial charge is 0.197 e. The summed E-state index contributed by atoms with van der Waals surface area (Å²) in [6, 6.07) is 9.97. The average molecular weight is 358 g/mol. The predicted molar refractivity (Wildman–Crippen MR) is 91.8 cm³/mol. The molecule has 0 fully saturated rings. The van der Waals surface area contributed by atoms with Crippen LogP contribution in [0.3, 0.4) is 0 Å². The van der Waals surface area contributed by atoms with E-state index in [2.05, 4.69) is 9.98 Å². The summed E-state index contributed by atoms with van der Waals surface area (Å²) in [7, 11) is 0. The Labute approximate surface area is 148 Å². The summed E-state index contributed by atoms with van der Waals surface area (Å²) in [5.74, 6) is 2.62. The van der Waals surface area contributed by atoms with Crippen LogP contribution in [0.2, 0.25) is 0 Å². The van der Waals surface area contributed by atoms with Gasteiger partial charge in [-0.15, -0.1) is 0 Å². The summed E-state index contributed by atoms with van der Waals surface area (Å²) < 4.78 is 16.2. The van der Waals surface area contributed by atoms with Gasteiger partial charge in [-0.1, -0.05) is 0 Å². The first kappa shape index (κ1) is 17.9. The van der Waals surface area contributed by atoms with Crippen LogP contribution in [-0.2, 0) is 19.8 Å². The average Bonchev–Trinajstić information content (AvgIpc) is 3.41. The van der Waals surface area contributed by atoms with Crippen LogP contribution in [0.15, 0.2) is 59.6 Å². The summed E-state index contributed by atoms with van der Waals surface area (Å²) >= 11 is 0. The molecule has 3 aromatic rings. The van der Waals surface area contributed by atoms with Gasteiger partial charge in [0.05, 0.1) is 12.4 Å². The molecule has 26 heavy (non-hydrogen) atoms. The SMILES string of the molecule is OCc1ccc(C=NC(N=Cc2ccc(CO)o2)c2ccc(CO)o2)o1. The third-order valence-corrected chi connectivity index (χ3v) is 3.46. The molecule has 3 heterocycles. The fraction of sp³-hybridized carbons (Fsp3) is 0.222. The number of aliphatic imine (C=N–C) groups is 2. The molecule has 0 radical (unpaired) electrons. The van der Waals surface area contributed by atoms with Gasteiger partial charge < -0.3 is 28.6 Å². The molecule has 0 saturated heterocycles. The maximum absolute atomic E-state index is 9.16. The molecule has 0 atom stereocenters. The first-order chi connectivity index (χ1) is 12.7. The van der Waals surface area contributed by atoms with Crippen molar-refractivity contribution in [3.63, 3.8) is 0 Å². The van der Waals surface area contributed by atoms with Crippen molar-refractivity contribution in [2.45, 2.75) is 26.0 Å². The first-order valence-electron chi connectivity index (χ1n) is 7.86. The Morgan fingerprint density at radius 3 is 1.58 bits per heavy atom. The van der Waals surface area contributed by atoms with Gasteiger partial charge in [-0.3, -0.25) is 9.98 Å². The lowest BCUT2D eigenvalue weighted by molar-refractivity contribution is 0.241. The molecule has 3 N–H and O–H groups in total. The predicted octanol–water partition coefficient (Wildman–Crippen LogP) is 2.18. The van der Waals surface area contributed by atoms with Crippen LogP contribution in [0.25, 0.3) is 0 Å². The van der Waals surface area contributed by atoms with Gasteiger partial charge in [0.1, 0.15) is 48.6 Å². The molecule has 0 unspecified atom stereocenters. The van der Waals surface area contributed by atoms with Crippen molar-refractivity contribution >= 4 is 12.4 Å². The summed E-state index contributed by atoms with van der Waals surface area (Å²) in [5.41, 5.74) is 0. The van der Waals surface area contributed by atoms with Crippen LogP contribution in [0.5, 0.6) is 0 Å². The largest absolute Gasteiger partial charge is 0.459 e. The van der Waals surface area contributed by atoms with Gasteiger partial charge >= 0.3 is 0 Å². The maximum Gasteiger partial charge on any atom is 0.197 e. The van der Waals surface area contributed by atoms with Gasteiger partial charge in [-0.25, -0.2) is 0 Å². The lowest BCUT2D eigenvalue weighted by Gasteiger charge is -2.03. The number of furan rings is 3. The molecular weight excluding hydrogens is 340 g/mol. The molecule has 0 spiro atoms. The zero-order valence-corrected chi connectivity index (χ0v) is 13.8. The second-order valence-electron chi connectivity index (χ2n) is 5.32. The third-order valence-electron chi connectivity index (χ3n) is 3.46. The van der Waals surface area contributed by atoms with E-state index in [9.17, 15) is 0 Å². The molecule has 0 aliphatic heterocycles. The molecule has 3 rings (SSSR count). The van der Waals surface area contributed by atoms with Crippen molar-refractivity contribution < 1.29 is 28.6 Å². The van der Waals surface area contributed by atoms with Crippen molar-refractivity contribution in [3.8, 4) is 0 Å². The van der Waals surface area contributed by atoms with Crippen LogP contribution in [0, 0.1) is 0 Å². The van der Waals surface area contributed by atoms with Crippen molar-refractivity contribution in [2.24, 2.45) is 9.98 Å². The fourth-order valence-electron chi connectivity index (χ4n) is 2.19. The summed E-state index contributed by atoms with van der Waals surface area (Å²) in [6.45, 7) is -0.617. The van der Waals surface area contributed by atoms with E-state index in [1.165, 1.54) is 12.4 Å². The van der Waals surface area contributed by atoms with Crippen LogP contribution in [-0.4, -0.2) is 27.7 Å². The first-order valence-corrected chi connectivity index (χ1v) is 7.86. The zero-order valence-electron chi connectivity index (χ0n) is 13.8. The molecule has 136 valence electrons. The van der Waals surface area contributed by atoms with E-state index in [0.717, 1.165) is 0 Å². The summed E-state index contributed by atoms with van der Waals surface area (Å²) in [6.07, 6.45) is 2.23. The highest BCUT2D eigenvalue weighted by Crippen LogP contribution is 2.22. The topological polar surface area (TPSA) is 125 Å². The van der Waals surface area contributed by atoms with E-state index in [-0.39, 0.29) is 19.8 Å². The van der Waals surface area contributed by atoms with E-state index >= 15 is 0 Å². The van der Waals surface area contributed by atoms with E-state index in [4.69, 9.17) is 28.6 Å². The quantitative estimate of drug-likeness (QED) is 0.530. The lowest BCUT2D eigenvalue weighted by Crippen LogP contribution is -1.93. The van der Waals surface area contributed by atoms with Crippen LogP contribution < -0.4 is 0 Å². The highest BCUT2D eigenvalue weighted by molar-refractivity contribution is 5.77. The molecule has 0 bridgehead atoms. The Balaban J connectivity index is 1.83. The Morgan fingerprint density at radius 1 is 0.692 bits per heavy atom. The molecular formula is C18H18N2O6. The number of rotatable bonds is 8. The van der Waals surface area contributed by atoms with Gasteiger partial charge in [0.2, 0.25) is 0 Å². The van der Waals surface area contributed by atoms with Crippen LogP contribution in [0.1, 0.15) is 40.7 Å². The number of aliphatic hydroxyl groups excluding tert-OH is 3. The van der Waals surface area contributed by atoms with E-state index in [1.807, 2.05) is 0 Å². The minimum absolute atomic E-state index is 0.195. The Bertz CT molecular complexity index is 837. The Kier molecular flexibility index (Phi) is 5.80. The summed E-state index contributed by atoms with van der Waals surface area (Å²) in [4.78, 5) is 8.67. The van der Waals surface area contributed by atoms with Crippen molar-refractivity contribution in [2.75, 3.05) is 0 Å². The van der Waals surface area contributed by atoms with Crippen LogP contribution in [0.4, 0.5) is 0 Å². The number of hydrogen-bond donors (Lipinski definition) is 3. The number of nitrogens with zero attached hydrogens (tertiary/aromatic N) is 2. The molecule has 0 aliphatic rings. The highest BCUT2D eigenvalue weighted by Gasteiger charge is 2.13. The molecule has 8 heteroatoms. The Hall–Kier alpha value is -2.94. The number of hydrogen-bond acceptors (Lipinski definition) is 8. The second-order valence-corrected chi connectivity index (χ2v) is 5.32. The molecule has 0 aliphatic carbocycles. The van der Waals surface area contributed by atoms with Gasteiger partial charge in [0.25, 0.3) is 0 Å². The molecule has 0 amide bonds. The van der Waals surface area contributed by atoms with Crippen molar-refractivity contribution in [1.82, 2.24) is 0 Å². The zero-order chi connectivity index (χ0) is 18.4. The van der Waals surface area contributed by atoms with E-state index in [1.54, 1.807) is 36.4 Å². The van der Waals surface area contributed by atoms with Gasteiger partial charge in [0.15, 0.2) is 11.9 Å². The van der Waals surface area contributed by atoms with E-state index in [0.29, 0.717) is 34.6 Å². The van der Waals surface area contributed by atoms with Crippen molar-refractivity contribution in [1.29, 1.82) is 0 Å². The minimum Gasteiger partial charge on any atom is -0.459 e. The van der Waals surface area contributed by atoms with Gasteiger partial charge in [-0.2, -0.15) is 0 Å². The second kappa shape index (κ2) is 8.43. The standard InChI is InChI=1S/C18H18N2O6/c21-9-14-3-1-12(24-14)7-19-18(17-6-5-16(11-23)26-17)20-8-13-2-4-15(10-22)25-13/h1-8,18,21-23H,9-11H2. The van der Waals surface area contributed by atoms with Crippen LogP contribution >= 0.6 is 0 Å².